The van der Waals surface area contributed by atoms with E-state index < -0.39 is 0 Å². The fourth-order valence-corrected chi connectivity index (χ4v) is 6.22. The first-order chi connectivity index (χ1) is 9.54. The molecule has 3 nitrogen and oxygen atoms in total. The van der Waals surface area contributed by atoms with E-state index in [9.17, 15) is 9.90 Å². The molecule has 1 N–H and O–H groups in total. The molecule has 1 amide bonds. The highest BCUT2D eigenvalue weighted by Crippen LogP contribution is 2.65. The van der Waals surface area contributed by atoms with Crippen molar-refractivity contribution >= 4 is 5.91 Å². The Bertz CT molecular complexity index is 415. The van der Waals surface area contributed by atoms with Crippen LogP contribution >= 0.6 is 0 Å². The number of aliphatic hydroxyl groups excluding tert-OH is 1. The van der Waals surface area contributed by atoms with Crippen LogP contribution in [-0.4, -0.2) is 35.1 Å². The van der Waals surface area contributed by atoms with Crippen molar-refractivity contribution in [2.75, 3.05) is 13.2 Å². The number of carbonyl (C=O) groups excluding carboxylic acids is 1. The van der Waals surface area contributed by atoms with E-state index in [0.29, 0.717) is 23.9 Å². The van der Waals surface area contributed by atoms with E-state index in [-0.39, 0.29) is 12.0 Å². The molecule has 0 aromatic carbocycles. The number of aliphatic hydroxyl groups is 1. The first-order valence-electron chi connectivity index (χ1n) is 8.46. The Morgan fingerprint density at radius 1 is 1.20 bits per heavy atom. The summed E-state index contributed by atoms with van der Waals surface area (Å²) in [6, 6.07) is 0.440. The van der Waals surface area contributed by atoms with Crippen molar-refractivity contribution in [1.29, 1.82) is 0 Å². The summed E-state index contributed by atoms with van der Waals surface area (Å²) in [7, 11) is 0. The molecular formula is C17H27NO2. The molecule has 0 heterocycles. The summed E-state index contributed by atoms with van der Waals surface area (Å²) in [5, 5.41) is 9.30. The number of hydrogen-bond acceptors (Lipinski definition) is 2. The molecule has 5 fully saturated rings. The molecule has 0 aliphatic heterocycles. The molecule has 0 aromatic rings. The lowest BCUT2D eigenvalue weighted by Gasteiger charge is -2.61. The summed E-state index contributed by atoms with van der Waals surface area (Å²) in [6.07, 6.45) is 9.73. The van der Waals surface area contributed by atoms with Gasteiger partial charge in [-0.1, -0.05) is 6.92 Å². The Morgan fingerprint density at radius 3 is 2.35 bits per heavy atom. The Morgan fingerprint density at radius 2 is 1.85 bits per heavy atom. The van der Waals surface area contributed by atoms with Crippen LogP contribution in [0, 0.1) is 22.7 Å². The highest BCUT2D eigenvalue weighted by atomic mass is 16.3. The Kier molecular flexibility index (Phi) is 2.77. The van der Waals surface area contributed by atoms with E-state index in [1.165, 1.54) is 19.3 Å². The lowest BCUT2D eigenvalue weighted by Crippen LogP contribution is -2.58. The Balaban J connectivity index is 1.61. The molecule has 112 valence electrons. The zero-order valence-corrected chi connectivity index (χ0v) is 12.6. The van der Waals surface area contributed by atoms with Crippen LogP contribution in [0.3, 0.4) is 0 Å². The summed E-state index contributed by atoms with van der Waals surface area (Å²) in [4.78, 5) is 15.3. The molecule has 3 heteroatoms. The van der Waals surface area contributed by atoms with Gasteiger partial charge in [-0.25, -0.2) is 0 Å². The number of amides is 1. The van der Waals surface area contributed by atoms with Crippen molar-refractivity contribution in [3.8, 4) is 0 Å². The van der Waals surface area contributed by atoms with Crippen molar-refractivity contribution < 1.29 is 9.90 Å². The van der Waals surface area contributed by atoms with Crippen molar-refractivity contribution in [2.24, 2.45) is 22.7 Å². The van der Waals surface area contributed by atoms with Crippen molar-refractivity contribution in [1.82, 2.24) is 4.90 Å². The predicted octanol–water partition coefficient (Wildman–Crippen LogP) is 2.58. The molecular weight excluding hydrogens is 250 g/mol. The minimum atomic E-state index is -0.0589. The molecule has 0 radical (unpaired) electrons. The monoisotopic (exact) mass is 277 g/mol. The predicted molar refractivity (Wildman–Crippen MR) is 77.0 cm³/mol. The molecule has 5 aliphatic carbocycles. The van der Waals surface area contributed by atoms with E-state index in [2.05, 4.69) is 6.92 Å². The van der Waals surface area contributed by atoms with Gasteiger partial charge in [-0.2, -0.15) is 0 Å². The number of hydrogen-bond donors (Lipinski definition) is 1. The van der Waals surface area contributed by atoms with Gasteiger partial charge in [0.05, 0.1) is 12.0 Å². The minimum absolute atomic E-state index is 0.0589. The maximum Gasteiger partial charge on any atom is 0.229 e. The number of rotatable bonds is 4. The highest BCUT2D eigenvalue weighted by molar-refractivity contribution is 5.84. The summed E-state index contributed by atoms with van der Waals surface area (Å²) >= 11 is 0. The Hall–Kier alpha value is -0.570. The van der Waals surface area contributed by atoms with E-state index in [1.54, 1.807) is 0 Å². The molecule has 4 bridgehead atoms. The van der Waals surface area contributed by atoms with Gasteiger partial charge in [-0.3, -0.25) is 4.79 Å². The fourth-order valence-electron chi connectivity index (χ4n) is 6.22. The van der Waals surface area contributed by atoms with Gasteiger partial charge in [-0.15, -0.1) is 0 Å². The van der Waals surface area contributed by atoms with Crippen LogP contribution in [-0.2, 0) is 4.79 Å². The second-order valence-electron chi connectivity index (χ2n) is 8.51. The van der Waals surface area contributed by atoms with Crippen molar-refractivity contribution in [2.45, 2.75) is 64.3 Å². The van der Waals surface area contributed by atoms with Gasteiger partial charge in [0.25, 0.3) is 0 Å². The van der Waals surface area contributed by atoms with Gasteiger partial charge < -0.3 is 10.0 Å². The third-order valence-corrected chi connectivity index (χ3v) is 6.40. The van der Waals surface area contributed by atoms with E-state index in [0.717, 1.165) is 43.9 Å². The van der Waals surface area contributed by atoms with Crippen LogP contribution in [0.25, 0.3) is 0 Å². The van der Waals surface area contributed by atoms with Gasteiger partial charge in [-0.05, 0) is 68.6 Å². The molecule has 5 saturated carbocycles. The van der Waals surface area contributed by atoms with E-state index in [4.69, 9.17) is 0 Å². The zero-order chi connectivity index (χ0) is 14.0. The molecule has 0 spiro atoms. The SMILES string of the molecule is CC12CC3CC(C1)CC(C(=O)N(CCO)C1CC1)(C3)C2. The smallest absolute Gasteiger partial charge is 0.229 e. The van der Waals surface area contributed by atoms with Gasteiger partial charge in [0.2, 0.25) is 5.91 Å². The van der Waals surface area contributed by atoms with Crippen molar-refractivity contribution in [3.63, 3.8) is 0 Å². The molecule has 0 saturated heterocycles. The second kappa shape index (κ2) is 4.22. The fraction of sp³-hybridized carbons (Fsp3) is 0.941. The third-order valence-electron chi connectivity index (χ3n) is 6.40. The van der Waals surface area contributed by atoms with Crippen LogP contribution in [0.4, 0.5) is 0 Å². The lowest BCUT2D eigenvalue weighted by atomic mass is 9.44. The minimum Gasteiger partial charge on any atom is -0.395 e. The van der Waals surface area contributed by atoms with Crippen LogP contribution < -0.4 is 0 Å². The van der Waals surface area contributed by atoms with Crippen LogP contribution in [0.2, 0.25) is 0 Å². The second-order valence-corrected chi connectivity index (χ2v) is 8.51. The summed E-state index contributed by atoms with van der Waals surface area (Å²) in [5.41, 5.74) is 0.366. The van der Waals surface area contributed by atoms with E-state index >= 15 is 0 Å². The van der Waals surface area contributed by atoms with Crippen LogP contribution in [0.5, 0.6) is 0 Å². The summed E-state index contributed by atoms with van der Waals surface area (Å²) < 4.78 is 0. The van der Waals surface area contributed by atoms with Crippen LogP contribution in [0.15, 0.2) is 0 Å². The Labute approximate surface area is 121 Å². The maximum atomic E-state index is 13.2. The molecule has 2 unspecified atom stereocenters. The lowest BCUT2D eigenvalue weighted by molar-refractivity contribution is -0.167. The number of nitrogens with zero attached hydrogens (tertiary/aromatic N) is 1. The van der Waals surface area contributed by atoms with Crippen molar-refractivity contribution in [3.05, 3.63) is 0 Å². The maximum absolute atomic E-state index is 13.2. The highest BCUT2D eigenvalue weighted by Gasteiger charge is 2.60. The van der Waals surface area contributed by atoms with Gasteiger partial charge in [0.1, 0.15) is 0 Å². The quantitative estimate of drug-likeness (QED) is 0.858. The standard InChI is InChI=1S/C17H27NO2/c1-16-7-12-6-13(8-16)10-17(9-12,11-16)15(20)18(4-5-19)14-2-3-14/h12-14,19H,2-11H2,1H3. The third kappa shape index (κ3) is 1.93. The normalized spacial score (nSPS) is 45.7. The molecule has 20 heavy (non-hydrogen) atoms. The largest absolute Gasteiger partial charge is 0.395 e. The zero-order valence-electron chi connectivity index (χ0n) is 12.6. The first kappa shape index (κ1) is 13.1. The average molecular weight is 277 g/mol. The summed E-state index contributed by atoms with van der Waals surface area (Å²) in [6.45, 7) is 3.08. The first-order valence-corrected chi connectivity index (χ1v) is 8.46. The summed E-state index contributed by atoms with van der Waals surface area (Å²) in [5.74, 6) is 1.98. The van der Waals surface area contributed by atoms with E-state index in [1.807, 2.05) is 4.90 Å². The van der Waals surface area contributed by atoms with Gasteiger partial charge in [0, 0.05) is 12.6 Å². The average Bonchev–Trinajstić information content (AvgIpc) is 3.16. The molecule has 2 atom stereocenters. The molecule has 5 aliphatic rings. The van der Waals surface area contributed by atoms with Crippen LogP contribution in [0.1, 0.15) is 58.3 Å². The molecule has 0 aromatic heterocycles. The number of carbonyl (C=O) groups is 1. The molecule has 5 rings (SSSR count). The van der Waals surface area contributed by atoms with Gasteiger partial charge in [0.15, 0.2) is 0 Å². The topological polar surface area (TPSA) is 40.5 Å². The van der Waals surface area contributed by atoms with Gasteiger partial charge >= 0.3 is 0 Å².